The second kappa shape index (κ2) is 8.47. The number of carbonyl (C=O) groups excluding carboxylic acids is 1. The van der Waals surface area contributed by atoms with Crippen LogP contribution < -0.4 is 10.6 Å². The molecule has 2 aliphatic rings. The van der Waals surface area contributed by atoms with Gasteiger partial charge in [-0.2, -0.15) is 0 Å². The van der Waals surface area contributed by atoms with Crippen LogP contribution in [0.3, 0.4) is 0 Å². The first kappa shape index (κ1) is 18.7. The summed E-state index contributed by atoms with van der Waals surface area (Å²) in [5.74, 6) is 0.863. The van der Waals surface area contributed by atoms with E-state index in [2.05, 4.69) is 38.7 Å². The molecule has 1 saturated heterocycles. The van der Waals surface area contributed by atoms with Gasteiger partial charge in [0.2, 0.25) is 5.91 Å². The van der Waals surface area contributed by atoms with Crippen molar-refractivity contribution in [3.8, 4) is 0 Å². The molecule has 0 radical (unpaired) electrons. The predicted octanol–water partition coefficient (Wildman–Crippen LogP) is 2.99. The van der Waals surface area contributed by atoms with Gasteiger partial charge in [-0.3, -0.25) is 4.79 Å². The molecule has 0 bridgehead atoms. The number of rotatable bonds is 6. The first-order valence-corrected chi connectivity index (χ1v) is 8.83. The van der Waals surface area contributed by atoms with Crippen LogP contribution in [0.15, 0.2) is 28.7 Å². The highest BCUT2D eigenvalue weighted by Gasteiger charge is 2.35. The second-order valence-corrected chi connectivity index (χ2v) is 7.24. The first-order chi connectivity index (χ1) is 10.7. The first-order valence-electron chi connectivity index (χ1n) is 8.03. The van der Waals surface area contributed by atoms with Crippen molar-refractivity contribution in [2.45, 2.75) is 31.2 Å². The van der Waals surface area contributed by atoms with Gasteiger partial charge in [0.1, 0.15) is 0 Å². The van der Waals surface area contributed by atoms with Crippen LogP contribution in [0.5, 0.6) is 0 Å². The van der Waals surface area contributed by atoms with Gasteiger partial charge in [0.15, 0.2) is 0 Å². The fourth-order valence-electron chi connectivity index (χ4n) is 3.00. The van der Waals surface area contributed by atoms with Crippen molar-refractivity contribution in [1.82, 2.24) is 10.6 Å². The molecule has 0 atom stereocenters. The third-order valence-corrected chi connectivity index (χ3v) is 5.07. The van der Waals surface area contributed by atoms with E-state index < -0.39 is 0 Å². The van der Waals surface area contributed by atoms with E-state index in [0.717, 1.165) is 35.3 Å². The molecular weight excluding hydrogens is 380 g/mol. The Balaban J connectivity index is 0.00000192. The molecule has 2 fully saturated rings. The summed E-state index contributed by atoms with van der Waals surface area (Å²) in [6.07, 6.45) is 4.25. The van der Waals surface area contributed by atoms with Crippen molar-refractivity contribution in [2.24, 2.45) is 5.92 Å². The highest BCUT2D eigenvalue weighted by molar-refractivity contribution is 9.10. The van der Waals surface area contributed by atoms with Gasteiger partial charge in [0.25, 0.3) is 0 Å². The van der Waals surface area contributed by atoms with Crippen LogP contribution in [0.1, 0.15) is 31.2 Å². The molecule has 23 heavy (non-hydrogen) atoms. The summed E-state index contributed by atoms with van der Waals surface area (Å²) in [6.45, 7) is 2.73. The molecule has 0 spiro atoms. The zero-order chi connectivity index (χ0) is 15.4. The summed E-state index contributed by atoms with van der Waals surface area (Å²) in [4.78, 5) is 12.3. The van der Waals surface area contributed by atoms with Crippen molar-refractivity contribution in [3.63, 3.8) is 0 Å². The predicted molar refractivity (Wildman–Crippen MR) is 96.9 cm³/mol. The van der Waals surface area contributed by atoms with Gasteiger partial charge in [-0.25, -0.2) is 0 Å². The topological polar surface area (TPSA) is 50.4 Å². The lowest BCUT2D eigenvalue weighted by Gasteiger charge is -2.38. The van der Waals surface area contributed by atoms with E-state index in [1.54, 1.807) is 0 Å². The van der Waals surface area contributed by atoms with Crippen LogP contribution in [0.2, 0.25) is 0 Å². The molecule has 4 nitrogen and oxygen atoms in total. The molecule has 1 heterocycles. The SMILES string of the molecule is Cl.O=C(CNCC1CC1)NC1(c2ccc(Br)cc2)CCOCC1. The number of ether oxygens (including phenoxy) is 1. The largest absolute Gasteiger partial charge is 0.381 e. The average molecular weight is 404 g/mol. The fraction of sp³-hybridized carbons (Fsp3) is 0.588. The molecule has 6 heteroatoms. The minimum absolute atomic E-state index is 0. The number of hydrogen-bond acceptors (Lipinski definition) is 3. The third kappa shape index (κ3) is 5.18. The number of carbonyl (C=O) groups is 1. The van der Waals surface area contributed by atoms with Gasteiger partial charge in [-0.1, -0.05) is 28.1 Å². The van der Waals surface area contributed by atoms with Gasteiger partial charge in [-0.05, 0) is 55.8 Å². The molecular formula is C17H24BrClN2O2. The van der Waals surface area contributed by atoms with Crippen molar-refractivity contribution in [1.29, 1.82) is 0 Å². The molecule has 0 aromatic heterocycles. The number of amides is 1. The number of hydrogen-bond donors (Lipinski definition) is 2. The van der Waals surface area contributed by atoms with Crippen LogP contribution in [-0.4, -0.2) is 32.2 Å². The molecule has 1 aromatic rings. The lowest BCUT2D eigenvalue weighted by atomic mass is 9.82. The van der Waals surface area contributed by atoms with Gasteiger partial charge >= 0.3 is 0 Å². The molecule has 1 saturated carbocycles. The molecule has 1 aliphatic carbocycles. The van der Waals surface area contributed by atoms with E-state index in [1.807, 2.05) is 12.1 Å². The zero-order valence-electron chi connectivity index (χ0n) is 13.1. The Kier molecular flexibility index (Phi) is 6.89. The molecule has 0 unspecified atom stereocenters. The van der Waals surface area contributed by atoms with E-state index in [0.29, 0.717) is 19.8 Å². The molecule has 3 rings (SSSR count). The minimum Gasteiger partial charge on any atom is -0.381 e. The maximum absolute atomic E-state index is 12.3. The number of benzene rings is 1. The van der Waals surface area contributed by atoms with Crippen LogP contribution in [0.25, 0.3) is 0 Å². The van der Waals surface area contributed by atoms with Crippen LogP contribution in [0.4, 0.5) is 0 Å². The smallest absolute Gasteiger partial charge is 0.234 e. The van der Waals surface area contributed by atoms with Gasteiger partial charge in [0, 0.05) is 17.7 Å². The summed E-state index contributed by atoms with van der Waals surface area (Å²) in [5, 5.41) is 6.53. The van der Waals surface area contributed by atoms with E-state index in [-0.39, 0.29) is 23.9 Å². The van der Waals surface area contributed by atoms with E-state index in [4.69, 9.17) is 4.74 Å². The maximum Gasteiger partial charge on any atom is 0.234 e. The Morgan fingerprint density at radius 3 is 2.48 bits per heavy atom. The average Bonchev–Trinajstić information content (AvgIpc) is 3.33. The Labute approximate surface area is 152 Å². The Morgan fingerprint density at radius 2 is 1.87 bits per heavy atom. The Hall–Kier alpha value is -0.620. The molecule has 1 aromatic carbocycles. The zero-order valence-corrected chi connectivity index (χ0v) is 15.5. The Bertz CT molecular complexity index is 514. The molecule has 128 valence electrons. The van der Waals surface area contributed by atoms with Crippen LogP contribution in [-0.2, 0) is 15.1 Å². The summed E-state index contributed by atoms with van der Waals surface area (Å²) in [7, 11) is 0. The van der Waals surface area contributed by atoms with Gasteiger partial charge < -0.3 is 15.4 Å². The lowest BCUT2D eigenvalue weighted by molar-refractivity contribution is -0.123. The maximum atomic E-state index is 12.3. The number of halogens is 2. The summed E-state index contributed by atoms with van der Waals surface area (Å²) in [6, 6.07) is 8.24. The van der Waals surface area contributed by atoms with Crippen molar-refractivity contribution >= 4 is 34.2 Å². The van der Waals surface area contributed by atoms with E-state index >= 15 is 0 Å². The summed E-state index contributed by atoms with van der Waals surface area (Å²) >= 11 is 3.47. The number of nitrogens with one attached hydrogen (secondary N) is 2. The summed E-state index contributed by atoms with van der Waals surface area (Å²) < 4.78 is 6.55. The van der Waals surface area contributed by atoms with Gasteiger partial charge in [-0.15, -0.1) is 12.4 Å². The molecule has 1 amide bonds. The van der Waals surface area contributed by atoms with E-state index in [1.165, 1.54) is 12.8 Å². The highest BCUT2D eigenvalue weighted by atomic mass is 79.9. The van der Waals surface area contributed by atoms with Crippen molar-refractivity contribution < 1.29 is 9.53 Å². The third-order valence-electron chi connectivity index (χ3n) is 4.54. The highest BCUT2D eigenvalue weighted by Crippen LogP contribution is 2.33. The Morgan fingerprint density at radius 1 is 1.22 bits per heavy atom. The minimum atomic E-state index is -0.294. The van der Waals surface area contributed by atoms with Crippen LogP contribution >= 0.6 is 28.3 Å². The lowest BCUT2D eigenvalue weighted by Crippen LogP contribution is -2.51. The standard InChI is InChI=1S/C17H23BrN2O2.ClH/c18-15-5-3-14(4-6-15)17(7-9-22-10-8-17)20-16(21)12-19-11-13-1-2-13;/h3-6,13,19H,1-2,7-12H2,(H,20,21);1H. The quantitative estimate of drug-likeness (QED) is 0.768. The fourth-order valence-corrected chi connectivity index (χ4v) is 3.26. The normalized spacial score (nSPS) is 19.7. The van der Waals surface area contributed by atoms with E-state index in [9.17, 15) is 4.79 Å². The second-order valence-electron chi connectivity index (χ2n) is 6.32. The van der Waals surface area contributed by atoms with Crippen LogP contribution in [0, 0.1) is 5.92 Å². The molecule has 1 aliphatic heterocycles. The van der Waals surface area contributed by atoms with Crippen molar-refractivity contribution in [3.05, 3.63) is 34.3 Å². The van der Waals surface area contributed by atoms with Crippen molar-refractivity contribution in [2.75, 3.05) is 26.3 Å². The van der Waals surface area contributed by atoms with Gasteiger partial charge in [0.05, 0.1) is 12.1 Å². The molecule has 2 N–H and O–H groups in total. The summed E-state index contributed by atoms with van der Waals surface area (Å²) in [5.41, 5.74) is 0.867. The monoisotopic (exact) mass is 402 g/mol.